The second-order valence-corrected chi connectivity index (χ2v) is 7.29. The van der Waals surface area contributed by atoms with Crippen molar-refractivity contribution in [2.75, 3.05) is 23.0 Å². The lowest BCUT2D eigenvalue weighted by molar-refractivity contribution is -0.137. The predicted octanol–water partition coefficient (Wildman–Crippen LogP) is 5.29. The van der Waals surface area contributed by atoms with Gasteiger partial charge in [0.1, 0.15) is 11.4 Å². The largest absolute Gasteiger partial charge is 0.687 e. The maximum atomic E-state index is 13.6. The lowest BCUT2D eigenvalue weighted by Crippen LogP contribution is -2.15. The van der Waals surface area contributed by atoms with Crippen LogP contribution in [0.15, 0.2) is 42.6 Å². The van der Waals surface area contributed by atoms with Gasteiger partial charge in [-0.25, -0.2) is 4.98 Å². The standard InChI is InChI=1S/C22H20F3N6O/c1-12-5-3-6-16(26-2)14(12)10-27-20-15(22(23,24)25)11-28-21(31-20)30-18-8-4-7-17-13(18)9-19(32)29-17/h3-8,11H,9-10H2,1-2H3,(H,29,32)(H2,27,28,30,31)/q-1. The van der Waals surface area contributed by atoms with Crippen LogP contribution in [0.1, 0.15) is 22.3 Å². The minimum absolute atomic E-state index is 0.0153. The van der Waals surface area contributed by atoms with Crippen molar-refractivity contribution < 1.29 is 18.0 Å². The molecule has 32 heavy (non-hydrogen) atoms. The van der Waals surface area contributed by atoms with Gasteiger partial charge in [-0.05, 0) is 30.2 Å². The summed E-state index contributed by atoms with van der Waals surface area (Å²) in [5.41, 5.74) is 3.32. The Morgan fingerprint density at radius 2 is 1.97 bits per heavy atom. The van der Waals surface area contributed by atoms with Crippen LogP contribution < -0.4 is 16.0 Å². The normalized spacial score (nSPS) is 12.8. The molecule has 166 valence electrons. The molecule has 0 bridgehead atoms. The van der Waals surface area contributed by atoms with Gasteiger partial charge in [0, 0.05) is 29.7 Å². The second-order valence-electron chi connectivity index (χ2n) is 7.29. The molecule has 3 N–H and O–H groups in total. The summed E-state index contributed by atoms with van der Waals surface area (Å²) in [6.45, 7) is 1.98. The van der Waals surface area contributed by atoms with E-state index in [2.05, 4.69) is 31.2 Å². The average molecular weight is 441 g/mol. The molecule has 1 aliphatic heterocycles. The Bertz CT molecular complexity index is 1180. The summed E-state index contributed by atoms with van der Waals surface area (Å²) in [5, 5.41) is 12.7. The van der Waals surface area contributed by atoms with E-state index in [0.717, 1.165) is 17.3 Å². The van der Waals surface area contributed by atoms with Crippen molar-refractivity contribution >= 4 is 34.7 Å². The minimum atomic E-state index is -4.63. The van der Waals surface area contributed by atoms with E-state index in [1.807, 2.05) is 19.1 Å². The van der Waals surface area contributed by atoms with Gasteiger partial charge in [0.25, 0.3) is 0 Å². The molecule has 0 aliphatic carbocycles. The van der Waals surface area contributed by atoms with Crippen LogP contribution >= 0.6 is 0 Å². The van der Waals surface area contributed by atoms with E-state index in [9.17, 15) is 18.0 Å². The number of aromatic nitrogens is 2. The quantitative estimate of drug-likeness (QED) is 0.483. The van der Waals surface area contributed by atoms with E-state index < -0.39 is 11.7 Å². The number of amides is 1. The van der Waals surface area contributed by atoms with Gasteiger partial charge in [0.05, 0.1) is 6.42 Å². The summed E-state index contributed by atoms with van der Waals surface area (Å²) < 4.78 is 40.7. The fourth-order valence-electron chi connectivity index (χ4n) is 3.57. The van der Waals surface area contributed by atoms with Crippen LogP contribution in [0.25, 0.3) is 5.32 Å². The van der Waals surface area contributed by atoms with Crippen molar-refractivity contribution in [1.82, 2.24) is 9.97 Å². The number of hydrogen-bond acceptors (Lipinski definition) is 5. The van der Waals surface area contributed by atoms with E-state index in [1.165, 1.54) is 0 Å². The monoisotopic (exact) mass is 441 g/mol. The molecule has 1 aromatic heterocycles. The highest BCUT2D eigenvalue weighted by molar-refractivity contribution is 6.01. The third-order valence-corrected chi connectivity index (χ3v) is 5.19. The third-order valence-electron chi connectivity index (χ3n) is 5.19. The maximum absolute atomic E-state index is 13.6. The number of carbonyl (C=O) groups is 1. The van der Waals surface area contributed by atoms with Gasteiger partial charge in [0.2, 0.25) is 11.9 Å². The van der Waals surface area contributed by atoms with Crippen LogP contribution in [0, 0.1) is 6.92 Å². The number of carbonyl (C=O) groups excluding carboxylic acids is 1. The van der Waals surface area contributed by atoms with Crippen molar-refractivity contribution in [2.45, 2.75) is 26.1 Å². The summed E-state index contributed by atoms with van der Waals surface area (Å²) in [4.78, 5) is 19.6. The molecule has 0 fully saturated rings. The molecule has 0 radical (unpaired) electrons. The fraction of sp³-hybridized carbons (Fsp3) is 0.227. The molecule has 2 heterocycles. The average Bonchev–Trinajstić information content (AvgIpc) is 3.13. The Morgan fingerprint density at radius 1 is 1.19 bits per heavy atom. The highest BCUT2D eigenvalue weighted by Gasteiger charge is 2.35. The highest BCUT2D eigenvalue weighted by Crippen LogP contribution is 2.36. The molecule has 2 aromatic carbocycles. The number of nitrogens with zero attached hydrogens (tertiary/aromatic N) is 3. The SMILES string of the molecule is C[N-]c1cccc(C)c1CNc1nc(Nc2cccc3c2CC(=O)N3)ncc1C(F)(F)F. The van der Waals surface area contributed by atoms with Gasteiger partial charge in [0.15, 0.2) is 0 Å². The first kappa shape index (κ1) is 21.4. The Morgan fingerprint density at radius 3 is 2.72 bits per heavy atom. The highest BCUT2D eigenvalue weighted by atomic mass is 19.4. The van der Waals surface area contributed by atoms with Crippen LogP contribution in [-0.2, 0) is 23.9 Å². The predicted molar refractivity (Wildman–Crippen MR) is 117 cm³/mol. The second kappa shape index (κ2) is 8.37. The molecule has 10 heteroatoms. The van der Waals surface area contributed by atoms with Gasteiger partial charge >= 0.3 is 6.18 Å². The zero-order chi connectivity index (χ0) is 22.9. The van der Waals surface area contributed by atoms with Crippen LogP contribution in [0.3, 0.4) is 0 Å². The first-order valence-corrected chi connectivity index (χ1v) is 9.81. The van der Waals surface area contributed by atoms with E-state index >= 15 is 0 Å². The molecule has 1 aliphatic rings. The van der Waals surface area contributed by atoms with Gasteiger partial charge in [-0.15, -0.1) is 12.7 Å². The smallest absolute Gasteiger partial charge is 0.421 e. The fourth-order valence-corrected chi connectivity index (χ4v) is 3.57. The number of hydrogen-bond donors (Lipinski definition) is 3. The van der Waals surface area contributed by atoms with Gasteiger partial charge < -0.3 is 21.3 Å². The van der Waals surface area contributed by atoms with Crippen LogP contribution in [0.4, 0.5) is 42.0 Å². The molecular weight excluding hydrogens is 421 g/mol. The van der Waals surface area contributed by atoms with Crippen molar-refractivity contribution in [1.29, 1.82) is 0 Å². The summed E-state index contributed by atoms with van der Waals surface area (Å²) in [5.74, 6) is -0.513. The molecule has 0 saturated heterocycles. The number of rotatable bonds is 6. The molecular formula is C22H20F3N6O-. The Balaban J connectivity index is 1.65. The van der Waals surface area contributed by atoms with Crippen LogP contribution in [0.2, 0.25) is 0 Å². The van der Waals surface area contributed by atoms with E-state index in [-0.39, 0.29) is 30.6 Å². The first-order valence-electron chi connectivity index (χ1n) is 9.81. The third kappa shape index (κ3) is 4.29. The maximum Gasteiger partial charge on any atom is 0.421 e. The first-order chi connectivity index (χ1) is 15.3. The molecule has 7 nitrogen and oxygen atoms in total. The van der Waals surface area contributed by atoms with E-state index in [0.29, 0.717) is 22.6 Å². The van der Waals surface area contributed by atoms with Gasteiger partial charge in [-0.1, -0.05) is 24.3 Å². The molecule has 0 atom stereocenters. The number of fused-ring (bicyclic) bond motifs is 1. The summed E-state index contributed by atoms with van der Waals surface area (Å²) in [6.07, 6.45) is -3.72. The number of aryl methyl sites for hydroxylation is 1. The van der Waals surface area contributed by atoms with Gasteiger partial charge in [-0.2, -0.15) is 18.2 Å². The zero-order valence-corrected chi connectivity index (χ0v) is 17.3. The Kier molecular flexibility index (Phi) is 5.60. The lowest BCUT2D eigenvalue weighted by atomic mass is 10.1. The molecule has 0 saturated carbocycles. The van der Waals surface area contributed by atoms with E-state index in [1.54, 1.807) is 31.3 Å². The van der Waals surface area contributed by atoms with E-state index in [4.69, 9.17) is 0 Å². The number of alkyl halides is 3. The van der Waals surface area contributed by atoms with Crippen molar-refractivity contribution in [3.63, 3.8) is 0 Å². The van der Waals surface area contributed by atoms with Crippen molar-refractivity contribution in [3.05, 3.63) is 70.2 Å². The lowest BCUT2D eigenvalue weighted by Gasteiger charge is -2.23. The number of nitrogens with one attached hydrogen (secondary N) is 3. The van der Waals surface area contributed by atoms with Gasteiger partial charge in [-0.3, -0.25) is 4.79 Å². The summed E-state index contributed by atoms with van der Waals surface area (Å²) in [7, 11) is 1.63. The summed E-state index contributed by atoms with van der Waals surface area (Å²) in [6, 6.07) is 10.7. The van der Waals surface area contributed by atoms with Crippen LogP contribution in [-0.4, -0.2) is 22.9 Å². The molecule has 4 rings (SSSR count). The van der Waals surface area contributed by atoms with Crippen LogP contribution in [0.5, 0.6) is 0 Å². The molecule has 0 spiro atoms. The number of benzene rings is 2. The van der Waals surface area contributed by atoms with Crippen molar-refractivity contribution in [2.24, 2.45) is 0 Å². The topological polar surface area (TPSA) is 93.0 Å². The molecule has 3 aromatic rings. The zero-order valence-electron chi connectivity index (χ0n) is 17.3. The Labute approximate surface area is 182 Å². The molecule has 1 amide bonds. The Hall–Kier alpha value is -3.82. The number of halogens is 3. The minimum Gasteiger partial charge on any atom is -0.687 e. The summed E-state index contributed by atoms with van der Waals surface area (Å²) >= 11 is 0. The van der Waals surface area contributed by atoms with Crippen molar-refractivity contribution in [3.8, 4) is 0 Å². The molecule has 0 unspecified atom stereocenters. The number of anilines is 4.